The van der Waals surface area contributed by atoms with Crippen LogP contribution in [0.1, 0.15) is 6.42 Å². The Labute approximate surface area is 128 Å². The zero-order chi connectivity index (χ0) is 15.4. The maximum absolute atomic E-state index is 12.1. The molecule has 3 rings (SSSR count). The third-order valence-electron chi connectivity index (χ3n) is 3.43. The standard InChI is InChI=1S/C17H18FN3O/c1-19-14-6-8-21-12-16(20-17(21)11-14)13-4-2-5-15(10-13)22-9-3-7-18/h2,4-6,8,10-12,19H,3,7,9H2,1H3. The van der Waals surface area contributed by atoms with Gasteiger partial charge in [0.1, 0.15) is 11.4 Å². The topological polar surface area (TPSA) is 38.6 Å². The molecule has 4 nitrogen and oxygen atoms in total. The summed E-state index contributed by atoms with van der Waals surface area (Å²) < 4.78 is 19.6. The van der Waals surface area contributed by atoms with Gasteiger partial charge in [-0.05, 0) is 18.2 Å². The molecule has 1 N–H and O–H groups in total. The predicted molar refractivity (Wildman–Crippen MR) is 86.3 cm³/mol. The predicted octanol–water partition coefficient (Wildman–Crippen LogP) is 3.78. The van der Waals surface area contributed by atoms with Crippen LogP contribution < -0.4 is 10.1 Å². The maximum Gasteiger partial charge on any atom is 0.139 e. The number of aromatic nitrogens is 2. The van der Waals surface area contributed by atoms with Crippen LogP contribution >= 0.6 is 0 Å². The van der Waals surface area contributed by atoms with E-state index in [9.17, 15) is 4.39 Å². The van der Waals surface area contributed by atoms with E-state index in [-0.39, 0.29) is 6.67 Å². The molecule has 1 aromatic carbocycles. The first-order chi connectivity index (χ1) is 10.8. The first kappa shape index (κ1) is 14.4. The zero-order valence-electron chi connectivity index (χ0n) is 12.4. The fraction of sp³-hybridized carbons (Fsp3) is 0.235. The van der Waals surface area contributed by atoms with E-state index >= 15 is 0 Å². The van der Waals surface area contributed by atoms with Crippen molar-refractivity contribution in [1.29, 1.82) is 0 Å². The van der Waals surface area contributed by atoms with Crippen molar-refractivity contribution in [3.63, 3.8) is 0 Å². The van der Waals surface area contributed by atoms with Gasteiger partial charge >= 0.3 is 0 Å². The molecule has 114 valence electrons. The monoisotopic (exact) mass is 299 g/mol. The first-order valence-corrected chi connectivity index (χ1v) is 7.26. The Bertz CT molecular complexity index is 769. The molecule has 5 heteroatoms. The van der Waals surface area contributed by atoms with Gasteiger partial charge in [-0.25, -0.2) is 4.98 Å². The third kappa shape index (κ3) is 3.03. The van der Waals surface area contributed by atoms with E-state index in [0.717, 1.165) is 28.3 Å². The Hall–Kier alpha value is -2.56. The molecule has 22 heavy (non-hydrogen) atoms. The first-order valence-electron chi connectivity index (χ1n) is 7.26. The normalized spacial score (nSPS) is 10.8. The van der Waals surface area contributed by atoms with Gasteiger partial charge in [0.15, 0.2) is 0 Å². The summed E-state index contributed by atoms with van der Waals surface area (Å²) in [6.07, 6.45) is 4.36. The Morgan fingerprint density at radius 2 is 2.18 bits per heavy atom. The molecule has 0 spiro atoms. The Morgan fingerprint density at radius 1 is 1.27 bits per heavy atom. The van der Waals surface area contributed by atoms with E-state index in [1.165, 1.54) is 0 Å². The molecule has 0 fully saturated rings. The van der Waals surface area contributed by atoms with Crippen molar-refractivity contribution in [3.05, 3.63) is 48.8 Å². The molecule has 0 saturated carbocycles. The van der Waals surface area contributed by atoms with Gasteiger partial charge in [-0.2, -0.15) is 0 Å². The summed E-state index contributed by atoms with van der Waals surface area (Å²) in [6, 6.07) is 11.7. The second-order valence-corrected chi connectivity index (χ2v) is 4.98. The quantitative estimate of drug-likeness (QED) is 0.704. The highest BCUT2D eigenvalue weighted by Crippen LogP contribution is 2.24. The van der Waals surface area contributed by atoms with Crippen LogP contribution in [0.4, 0.5) is 10.1 Å². The van der Waals surface area contributed by atoms with Gasteiger partial charge in [0.25, 0.3) is 0 Å². The van der Waals surface area contributed by atoms with Crippen LogP contribution in [0.2, 0.25) is 0 Å². The number of nitrogens with zero attached hydrogens (tertiary/aromatic N) is 2. The van der Waals surface area contributed by atoms with Crippen molar-refractivity contribution in [3.8, 4) is 17.0 Å². The lowest BCUT2D eigenvalue weighted by Gasteiger charge is -2.05. The third-order valence-corrected chi connectivity index (χ3v) is 3.43. The van der Waals surface area contributed by atoms with E-state index in [4.69, 9.17) is 4.74 Å². The van der Waals surface area contributed by atoms with Gasteiger partial charge in [0.05, 0.1) is 19.0 Å². The highest BCUT2D eigenvalue weighted by Gasteiger charge is 2.06. The van der Waals surface area contributed by atoms with E-state index in [1.54, 1.807) is 0 Å². The number of imidazole rings is 1. The number of ether oxygens (including phenoxy) is 1. The van der Waals surface area contributed by atoms with E-state index in [2.05, 4.69) is 10.3 Å². The highest BCUT2D eigenvalue weighted by molar-refractivity contribution is 5.66. The molecule has 0 unspecified atom stereocenters. The fourth-order valence-corrected chi connectivity index (χ4v) is 2.27. The largest absolute Gasteiger partial charge is 0.493 e. The summed E-state index contributed by atoms with van der Waals surface area (Å²) in [7, 11) is 1.88. The smallest absolute Gasteiger partial charge is 0.139 e. The van der Waals surface area contributed by atoms with E-state index < -0.39 is 0 Å². The van der Waals surface area contributed by atoms with Crippen molar-refractivity contribution in [2.45, 2.75) is 6.42 Å². The van der Waals surface area contributed by atoms with Crippen molar-refractivity contribution in [2.75, 3.05) is 25.6 Å². The van der Waals surface area contributed by atoms with Crippen LogP contribution in [-0.2, 0) is 0 Å². The van der Waals surface area contributed by atoms with Crippen LogP contribution in [-0.4, -0.2) is 29.7 Å². The van der Waals surface area contributed by atoms with Crippen molar-refractivity contribution >= 4 is 11.3 Å². The lowest BCUT2D eigenvalue weighted by molar-refractivity contribution is 0.290. The number of pyridine rings is 1. The number of hydrogen-bond donors (Lipinski definition) is 1. The number of benzene rings is 1. The number of hydrogen-bond acceptors (Lipinski definition) is 3. The number of nitrogens with one attached hydrogen (secondary N) is 1. The molecule has 3 aromatic rings. The Kier molecular flexibility index (Phi) is 4.23. The summed E-state index contributed by atoms with van der Waals surface area (Å²) in [5.74, 6) is 0.735. The van der Waals surface area contributed by atoms with Gasteiger partial charge in [-0.1, -0.05) is 12.1 Å². The minimum Gasteiger partial charge on any atom is -0.493 e. The molecule has 0 amide bonds. The fourth-order valence-electron chi connectivity index (χ4n) is 2.27. The van der Waals surface area contributed by atoms with Crippen LogP contribution in [0.25, 0.3) is 16.9 Å². The van der Waals surface area contributed by atoms with Crippen molar-refractivity contribution < 1.29 is 9.13 Å². The summed E-state index contributed by atoms with van der Waals surface area (Å²) in [5.41, 5.74) is 3.76. The summed E-state index contributed by atoms with van der Waals surface area (Å²) in [4.78, 5) is 4.64. The number of anilines is 1. The molecular formula is C17H18FN3O. The molecule has 0 radical (unpaired) electrons. The summed E-state index contributed by atoms with van der Waals surface area (Å²) >= 11 is 0. The van der Waals surface area contributed by atoms with Gasteiger partial charge in [-0.15, -0.1) is 0 Å². The Morgan fingerprint density at radius 3 is 3.00 bits per heavy atom. The molecule has 2 heterocycles. The second-order valence-electron chi connectivity index (χ2n) is 4.98. The van der Waals surface area contributed by atoms with E-state index in [0.29, 0.717) is 13.0 Å². The molecule has 0 aliphatic rings. The number of rotatable bonds is 6. The number of halogens is 1. The van der Waals surface area contributed by atoms with Gasteiger partial charge in [0.2, 0.25) is 0 Å². The molecular weight excluding hydrogens is 281 g/mol. The minimum absolute atomic E-state index is 0.361. The molecule has 2 aromatic heterocycles. The molecule has 0 atom stereocenters. The van der Waals surface area contributed by atoms with Crippen LogP contribution in [0.3, 0.4) is 0 Å². The van der Waals surface area contributed by atoms with Crippen molar-refractivity contribution in [1.82, 2.24) is 9.38 Å². The lowest BCUT2D eigenvalue weighted by Crippen LogP contribution is -1.97. The minimum atomic E-state index is -0.361. The van der Waals surface area contributed by atoms with Crippen LogP contribution in [0, 0.1) is 0 Å². The number of fused-ring (bicyclic) bond motifs is 1. The molecule has 0 bridgehead atoms. The van der Waals surface area contributed by atoms with Gasteiger partial charge in [0, 0.05) is 43.2 Å². The average molecular weight is 299 g/mol. The maximum atomic E-state index is 12.1. The highest BCUT2D eigenvalue weighted by atomic mass is 19.1. The summed E-state index contributed by atoms with van der Waals surface area (Å²) in [6.45, 7) is 0.0244. The van der Waals surface area contributed by atoms with E-state index in [1.807, 2.05) is 60.2 Å². The van der Waals surface area contributed by atoms with Gasteiger partial charge in [-0.3, -0.25) is 4.39 Å². The molecule has 0 saturated heterocycles. The zero-order valence-corrected chi connectivity index (χ0v) is 12.4. The summed E-state index contributed by atoms with van der Waals surface area (Å²) in [5, 5.41) is 3.10. The van der Waals surface area contributed by atoms with Crippen LogP contribution in [0.5, 0.6) is 5.75 Å². The Balaban J connectivity index is 1.88. The number of alkyl halides is 1. The van der Waals surface area contributed by atoms with Crippen molar-refractivity contribution in [2.24, 2.45) is 0 Å². The lowest BCUT2D eigenvalue weighted by atomic mass is 10.1. The molecule has 0 aliphatic carbocycles. The van der Waals surface area contributed by atoms with Crippen LogP contribution in [0.15, 0.2) is 48.8 Å². The second kappa shape index (κ2) is 6.47. The molecule has 0 aliphatic heterocycles. The SMILES string of the molecule is CNc1ccn2cc(-c3cccc(OCCCF)c3)nc2c1. The average Bonchev–Trinajstić information content (AvgIpc) is 2.98. The van der Waals surface area contributed by atoms with Gasteiger partial charge < -0.3 is 14.5 Å².